The van der Waals surface area contributed by atoms with Gasteiger partial charge in [-0.1, -0.05) is 63.3 Å². The van der Waals surface area contributed by atoms with Crippen LogP contribution < -0.4 is 0 Å². The number of rotatable bonds is 15. The van der Waals surface area contributed by atoms with Crippen LogP contribution in [0.1, 0.15) is 71.1 Å². The van der Waals surface area contributed by atoms with Crippen molar-refractivity contribution in [1.29, 1.82) is 0 Å². The quantitative estimate of drug-likeness (QED) is 0.147. The molecule has 1 aromatic rings. The third kappa shape index (κ3) is 8.62. The third-order valence-corrected chi connectivity index (χ3v) is 7.79. The maximum Gasteiger partial charge on any atom is 0.309 e. The number of carbonyl (C=O) groups is 2. The molecule has 0 bridgehead atoms. The Hall–Kier alpha value is -1.79. The highest BCUT2D eigenvalue weighted by molar-refractivity contribution is 7.92. The molecule has 6 heteroatoms. The fraction of sp³-hybridized carbons (Fsp3) is 0.615. The Kier molecular flexibility index (Phi) is 12.5. The smallest absolute Gasteiger partial charge is 0.309 e. The molecule has 32 heavy (non-hydrogen) atoms. The molecule has 1 fully saturated rings. The van der Waals surface area contributed by atoms with Crippen molar-refractivity contribution in [2.45, 2.75) is 81.3 Å². The zero-order valence-electron chi connectivity index (χ0n) is 19.5. The van der Waals surface area contributed by atoms with E-state index in [1.807, 2.05) is 30.3 Å². The van der Waals surface area contributed by atoms with Gasteiger partial charge in [-0.25, -0.2) is 0 Å². The Morgan fingerprint density at radius 3 is 2.66 bits per heavy atom. The van der Waals surface area contributed by atoms with Crippen LogP contribution in [0, 0.1) is 11.8 Å². The van der Waals surface area contributed by atoms with E-state index in [1.54, 1.807) is 0 Å². The molecule has 1 aliphatic heterocycles. The summed E-state index contributed by atoms with van der Waals surface area (Å²) in [5.74, 6) is -0.657. The first-order chi connectivity index (χ1) is 15.6. The van der Waals surface area contributed by atoms with E-state index in [0.29, 0.717) is 13.0 Å². The van der Waals surface area contributed by atoms with Gasteiger partial charge in [0.15, 0.2) is 4.90 Å². The highest BCUT2D eigenvalue weighted by atomic mass is 32.2. The second-order valence-electron chi connectivity index (χ2n) is 8.43. The van der Waals surface area contributed by atoms with Gasteiger partial charge in [0.25, 0.3) is 0 Å². The largest absolute Gasteiger partial charge is 0.611 e. The Bertz CT molecular complexity index is 705. The van der Waals surface area contributed by atoms with E-state index in [2.05, 4.69) is 23.8 Å². The summed E-state index contributed by atoms with van der Waals surface area (Å²) < 4.78 is 23.6. The lowest BCUT2D eigenvalue weighted by Crippen LogP contribution is -2.33. The zero-order valence-corrected chi connectivity index (χ0v) is 20.3. The number of methoxy groups -OCH3 is 1. The molecule has 0 aliphatic carbocycles. The van der Waals surface area contributed by atoms with Crippen molar-refractivity contribution in [2.75, 3.05) is 13.7 Å². The fourth-order valence-electron chi connectivity index (χ4n) is 4.15. The van der Waals surface area contributed by atoms with Crippen molar-refractivity contribution in [3.8, 4) is 0 Å². The van der Waals surface area contributed by atoms with E-state index in [-0.39, 0.29) is 29.0 Å². The first-order valence-corrected chi connectivity index (χ1v) is 13.2. The Morgan fingerprint density at radius 1 is 1.19 bits per heavy atom. The molecule has 2 rings (SSSR count). The predicted molar refractivity (Wildman–Crippen MR) is 128 cm³/mol. The van der Waals surface area contributed by atoms with Crippen molar-refractivity contribution >= 4 is 23.1 Å². The fourth-order valence-corrected chi connectivity index (χ4v) is 5.73. The van der Waals surface area contributed by atoms with E-state index < -0.39 is 11.2 Å². The summed E-state index contributed by atoms with van der Waals surface area (Å²) in [7, 11) is 1.41. The number of hydrogen-bond donors (Lipinski definition) is 0. The summed E-state index contributed by atoms with van der Waals surface area (Å²) in [5.41, 5.74) is 0. The number of benzene rings is 1. The SMILES string of the molecule is CCCCCC=CC(C1COC(=O)C1CCCCCCC(=O)OC)[S+]([O-])c1ccccc1. The van der Waals surface area contributed by atoms with Crippen LogP contribution in [0.5, 0.6) is 0 Å². The minimum absolute atomic E-state index is 0.0824. The molecule has 0 amide bonds. The Morgan fingerprint density at radius 2 is 1.94 bits per heavy atom. The highest BCUT2D eigenvalue weighted by Gasteiger charge is 2.45. The van der Waals surface area contributed by atoms with Crippen LogP contribution in [0.3, 0.4) is 0 Å². The van der Waals surface area contributed by atoms with Gasteiger partial charge >= 0.3 is 11.9 Å². The van der Waals surface area contributed by atoms with Gasteiger partial charge in [-0.2, -0.15) is 0 Å². The van der Waals surface area contributed by atoms with E-state index in [4.69, 9.17) is 4.74 Å². The van der Waals surface area contributed by atoms with E-state index in [9.17, 15) is 14.1 Å². The Labute approximate surface area is 196 Å². The van der Waals surface area contributed by atoms with Crippen molar-refractivity contribution in [2.24, 2.45) is 11.8 Å². The minimum Gasteiger partial charge on any atom is -0.611 e. The number of ether oxygens (including phenoxy) is 2. The second-order valence-corrected chi connectivity index (χ2v) is 10.0. The summed E-state index contributed by atoms with van der Waals surface area (Å²) >= 11 is -1.24. The van der Waals surface area contributed by atoms with Crippen molar-refractivity contribution < 1.29 is 23.6 Å². The molecule has 0 N–H and O–H groups in total. The van der Waals surface area contributed by atoms with E-state index >= 15 is 0 Å². The summed E-state index contributed by atoms with van der Waals surface area (Å²) in [6, 6.07) is 9.50. The molecular formula is C26H38O5S. The molecule has 1 aromatic carbocycles. The number of cyclic esters (lactones) is 1. The van der Waals surface area contributed by atoms with Gasteiger partial charge in [-0.3, -0.25) is 9.59 Å². The van der Waals surface area contributed by atoms with Gasteiger partial charge in [-0.15, -0.1) is 0 Å². The van der Waals surface area contributed by atoms with Crippen molar-refractivity contribution in [3.63, 3.8) is 0 Å². The molecule has 0 spiro atoms. The van der Waals surface area contributed by atoms with Gasteiger partial charge < -0.3 is 14.0 Å². The number of unbranched alkanes of at least 4 members (excludes halogenated alkanes) is 6. The number of carbonyl (C=O) groups excluding carboxylic acids is 2. The van der Waals surface area contributed by atoms with Gasteiger partial charge in [0.2, 0.25) is 0 Å². The maximum absolute atomic E-state index is 13.5. The minimum atomic E-state index is -1.24. The first kappa shape index (κ1) is 26.5. The van der Waals surface area contributed by atoms with Crippen LogP contribution >= 0.6 is 0 Å². The summed E-state index contributed by atoms with van der Waals surface area (Å²) in [6.07, 6.45) is 13.4. The molecule has 5 nitrogen and oxygen atoms in total. The lowest BCUT2D eigenvalue weighted by atomic mass is 9.87. The van der Waals surface area contributed by atoms with Crippen LogP contribution in [0.25, 0.3) is 0 Å². The van der Waals surface area contributed by atoms with Crippen LogP contribution in [0.4, 0.5) is 0 Å². The molecule has 1 saturated heterocycles. The summed E-state index contributed by atoms with van der Waals surface area (Å²) in [4.78, 5) is 24.5. The molecule has 1 aliphatic rings. The standard InChI is InChI=1S/C26H38O5S/c1-3-4-5-6-13-18-24(32(29)21-15-10-9-11-16-21)23-20-31-26(28)22(23)17-12-7-8-14-19-25(27)30-2/h9-11,13,15-16,18,22-24H,3-8,12,14,17,19-20H2,1-2H3. The molecule has 4 atom stereocenters. The van der Waals surface area contributed by atoms with Crippen LogP contribution in [-0.4, -0.2) is 35.5 Å². The van der Waals surface area contributed by atoms with E-state index in [1.165, 1.54) is 20.0 Å². The van der Waals surface area contributed by atoms with Gasteiger partial charge in [-0.05, 0) is 55.1 Å². The summed E-state index contributed by atoms with van der Waals surface area (Å²) in [6.45, 7) is 2.51. The number of hydrogen-bond acceptors (Lipinski definition) is 5. The maximum atomic E-state index is 13.5. The molecule has 0 radical (unpaired) electrons. The van der Waals surface area contributed by atoms with Crippen LogP contribution in [0.15, 0.2) is 47.4 Å². The van der Waals surface area contributed by atoms with Crippen molar-refractivity contribution in [3.05, 3.63) is 42.5 Å². The van der Waals surface area contributed by atoms with Gasteiger partial charge in [0.05, 0.1) is 18.9 Å². The topological polar surface area (TPSA) is 75.7 Å². The monoisotopic (exact) mass is 462 g/mol. The summed E-state index contributed by atoms with van der Waals surface area (Å²) in [5, 5.41) is -0.241. The van der Waals surface area contributed by atoms with Crippen LogP contribution in [-0.2, 0) is 30.2 Å². The molecule has 178 valence electrons. The molecule has 4 unspecified atom stereocenters. The average Bonchev–Trinajstić information content (AvgIpc) is 3.18. The zero-order chi connectivity index (χ0) is 23.2. The molecule has 0 saturated carbocycles. The molecule has 1 heterocycles. The normalized spacial score (nSPS) is 20.3. The predicted octanol–water partition coefficient (Wildman–Crippen LogP) is 5.60. The number of esters is 2. The average molecular weight is 463 g/mol. The Balaban J connectivity index is 2.00. The van der Waals surface area contributed by atoms with Crippen LogP contribution in [0.2, 0.25) is 0 Å². The van der Waals surface area contributed by atoms with Gasteiger partial charge in [0.1, 0.15) is 11.9 Å². The molecule has 0 aromatic heterocycles. The van der Waals surface area contributed by atoms with Gasteiger partial charge in [0, 0.05) is 6.42 Å². The van der Waals surface area contributed by atoms with E-state index in [0.717, 1.165) is 49.8 Å². The first-order valence-electron chi connectivity index (χ1n) is 11.9. The van der Waals surface area contributed by atoms with Crippen molar-refractivity contribution in [1.82, 2.24) is 0 Å². The number of allylic oxidation sites excluding steroid dienone is 1. The lowest BCUT2D eigenvalue weighted by molar-refractivity contribution is -0.141. The lowest BCUT2D eigenvalue weighted by Gasteiger charge is -2.26. The third-order valence-electron chi connectivity index (χ3n) is 6.06. The molecular weight excluding hydrogens is 424 g/mol. The highest BCUT2D eigenvalue weighted by Crippen LogP contribution is 2.36. The second kappa shape index (κ2) is 15.1.